The number of amides is 1. The molecule has 0 atom stereocenters. The van der Waals surface area contributed by atoms with E-state index in [0.29, 0.717) is 33.8 Å². The van der Waals surface area contributed by atoms with Crippen molar-refractivity contribution in [1.82, 2.24) is 14.9 Å². The van der Waals surface area contributed by atoms with Gasteiger partial charge in [0, 0.05) is 6.07 Å². The number of furan rings is 1. The van der Waals surface area contributed by atoms with E-state index in [2.05, 4.69) is 15.6 Å². The molecule has 9 heteroatoms. The molecule has 7 nitrogen and oxygen atoms in total. The average Bonchev–Trinajstić information content (AvgIpc) is 3.41. The van der Waals surface area contributed by atoms with E-state index >= 15 is 0 Å². The summed E-state index contributed by atoms with van der Waals surface area (Å²) in [6.45, 7) is 2.35. The first-order valence-corrected chi connectivity index (χ1v) is 9.05. The Morgan fingerprint density at radius 1 is 1.18 bits per heavy atom. The molecule has 0 unspecified atom stereocenters. The monoisotopic (exact) mass is 416 g/mol. The Labute approximate surface area is 169 Å². The summed E-state index contributed by atoms with van der Waals surface area (Å²) in [5, 5.41) is 11.9. The fourth-order valence-corrected chi connectivity index (χ4v) is 2.96. The molecule has 0 aliphatic rings. The predicted octanol–water partition coefficient (Wildman–Crippen LogP) is 5.05. The van der Waals surface area contributed by atoms with E-state index in [0.717, 1.165) is 11.3 Å². The molecule has 0 aliphatic carbocycles. The molecule has 3 aromatic heterocycles. The van der Waals surface area contributed by atoms with Gasteiger partial charge in [-0.15, -0.1) is 0 Å². The minimum absolute atomic E-state index is 0.142. The van der Waals surface area contributed by atoms with Crippen molar-refractivity contribution < 1.29 is 13.7 Å². The minimum atomic E-state index is -0.404. The van der Waals surface area contributed by atoms with Crippen LogP contribution in [-0.2, 0) is 6.54 Å². The van der Waals surface area contributed by atoms with Gasteiger partial charge in [0.1, 0.15) is 0 Å². The van der Waals surface area contributed by atoms with Crippen molar-refractivity contribution in [3.05, 3.63) is 75.9 Å². The van der Waals surface area contributed by atoms with Gasteiger partial charge in [-0.1, -0.05) is 34.4 Å². The van der Waals surface area contributed by atoms with Gasteiger partial charge in [0.15, 0.2) is 11.5 Å². The van der Waals surface area contributed by atoms with Gasteiger partial charge in [0.25, 0.3) is 5.91 Å². The van der Waals surface area contributed by atoms with Gasteiger partial charge in [-0.05, 0) is 36.8 Å². The Kier molecular flexibility index (Phi) is 4.93. The molecule has 3 heterocycles. The molecule has 0 radical (unpaired) electrons. The molecule has 1 N–H and O–H groups in total. The second-order valence-corrected chi connectivity index (χ2v) is 6.87. The first-order valence-electron chi connectivity index (χ1n) is 8.29. The molecule has 1 amide bonds. The van der Waals surface area contributed by atoms with Gasteiger partial charge in [0.05, 0.1) is 40.4 Å². The van der Waals surface area contributed by atoms with Crippen LogP contribution < -0.4 is 5.32 Å². The topological polar surface area (TPSA) is 86.1 Å². The fraction of sp³-hybridized carbons (Fsp3) is 0.105. The van der Waals surface area contributed by atoms with Crippen LogP contribution >= 0.6 is 23.2 Å². The largest absolute Gasteiger partial charge is 0.461 e. The zero-order valence-corrected chi connectivity index (χ0v) is 16.2. The van der Waals surface area contributed by atoms with Crippen LogP contribution in [0.2, 0.25) is 10.0 Å². The van der Waals surface area contributed by atoms with Crippen LogP contribution in [0.1, 0.15) is 21.7 Å². The number of benzene rings is 1. The smallest absolute Gasteiger partial charge is 0.277 e. The van der Waals surface area contributed by atoms with Gasteiger partial charge >= 0.3 is 0 Å². The van der Waals surface area contributed by atoms with Gasteiger partial charge in [-0.25, -0.2) is 0 Å². The molecular weight excluding hydrogens is 403 g/mol. The van der Waals surface area contributed by atoms with E-state index in [1.807, 2.05) is 13.0 Å². The van der Waals surface area contributed by atoms with E-state index in [4.69, 9.17) is 32.1 Å². The maximum absolute atomic E-state index is 12.5. The lowest BCUT2D eigenvalue weighted by atomic mass is 10.2. The number of aromatic nitrogens is 3. The number of nitrogens with zero attached hydrogens (tertiary/aromatic N) is 3. The lowest BCUT2D eigenvalue weighted by molar-refractivity contribution is 0.101. The number of anilines is 1. The summed E-state index contributed by atoms with van der Waals surface area (Å²) >= 11 is 12.0. The Balaban J connectivity index is 1.48. The van der Waals surface area contributed by atoms with Gasteiger partial charge in [-0.2, -0.15) is 5.10 Å². The van der Waals surface area contributed by atoms with E-state index in [1.54, 1.807) is 35.1 Å². The second-order valence-electron chi connectivity index (χ2n) is 6.06. The Morgan fingerprint density at radius 3 is 2.79 bits per heavy atom. The van der Waals surface area contributed by atoms with Crippen LogP contribution in [-0.4, -0.2) is 20.8 Å². The molecule has 0 fully saturated rings. The van der Waals surface area contributed by atoms with E-state index in [1.165, 1.54) is 12.3 Å². The van der Waals surface area contributed by atoms with Crippen LogP contribution in [0.4, 0.5) is 5.69 Å². The number of hydrogen-bond donors (Lipinski definition) is 1. The summed E-state index contributed by atoms with van der Waals surface area (Å²) in [4.78, 5) is 12.5. The third-order valence-corrected chi connectivity index (χ3v) is 4.91. The van der Waals surface area contributed by atoms with Crippen molar-refractivity contribution in [1.29, 1.82) is 0 Å². The highest BCUT2D eigenvalue weighted by Crippen LogP contribution is 2.24. The van der Waals surface area contributed by atoms with Crippen LogP contribution in [0.3, 0.4) is 0 Å². The molecule has 142 valence electrons. The Hall–Kier alpha value is -3.03. The molecule has 0 saturated carbocycles. The zero-order valence-electron chi connectivity index (χ0n) is 14.6. The fourth-order valence-electron chi connectivity index (χ4n) is 2.64. The molecule has 28 heavy (non-hydrogen) atoms. The molecule has 1 aromatic carbocycles. The first kappa shape index (κ1) is 18.3. The summed E-state index contributed by atoms with van der Waals surface area (Å²) < 4.78 is 12.1. The number of rotatable bonds is 5. The maximum Gasteiger partial charge on any atom is 0.277 e. The number of carbonyl (C=O) groups is 1. The molecule has 4 aromatic rings. The van der Waals surface area contributed by atoms with Crippen LogP contribution in [0.15, 0.2) is 57.8 Å². The third kappa shape index (κ3) is 3.67. The predicted molar refractivity (Wildman–Crippen MR) is 105 cm³/mol. The van der Waals surface area contributed by atoms with Gasteiger partial charge in [-0.3, -0.25) is 9.48 Å². The summed E-state index contributed by atoms with van der Waals surface area (Å²) in [7, 11) is 0. The van der Waals surface area contributed by atoms with E-state index in [9.17, 15) is 4.79 Å². The first-order chi connectivity index (χ1) is 13.5. The number of halogens is 2. The van der Waals surface area contributed by atoms with Gasteiger partial charge < -0.3 is 14.3 Å². The van der Waals surface area contributed by atoms with Crippen molar-refractivity contribution in [3.8, 4) is 11.5 Å². The van der Waals surface area contributed by atoms with Crippen LogP contribution in [0.5, 0.6) is 0 Å². The van der Waals surface area contributed by atoms with Gasteiger partial charge in [0.2, 0.25) is 5.76 Å². The summed E-state index contributed by atoms with van der Waals surface area (Å²) in [5.74, 6) is 0.470. The second kappa shape index (κ2) is 7.53. The molecular formula is C19H14Cl2N4O3. The summed E-state index contributed by atoms with van der Waals surface area (Å²) in [6.07, 6.45) is 3.10. The van der Waals surface area contributed by atoms with Crippen LogP contribution in [0, 0.1) is 6.92 Å². The number of nitrogens with one attached hydrogen (secondary N) is 1. The maximum atomic E-state index is 12.5. The SMILES string of the molecule is Cc1c(NC(=O)c2cc(-c3ccco3)on2)cnn1Cc1ccc(Cl)c(Cl)c1. The zero-order chi connectivity index (χ0) is 19.7. The molecule has 0 spiro atoms. The van der Waals surface area contributed by atoms with E-state index < -0.39 is 5.91 Å². The van der Waals surface area contributed by atoms with Crippen molar-refractivity contribution >= 4 is 34.8 Å². The number of hydrogen-bond acceptors (Lipinski definition) is 5. The normalized spacial score (nSPS) is 11.0. The van der Waals surface area contributed by atoms with Crippen molar-refractivity contribution in [3.63, 3.8) is 0 Å². The Morgan fingerprint density at radius 2 is 2.04 bits per heavy atom. The molecule has 4 rings (SSSR count). The lowest BCUT2D eigenvalue weighted by Gasteiger charge is -2.07. The summed E-state index contributed by atoms with van der Waals surface area (Å²) in [6, 6.07) is 10.4. The van der Waals surface area contributed by atoms with E-state index in [-0.39, 0.29) is 5.69 Å². The standard InChI is InChI=1S/C19H14Cl2N4O3/c1-11-16(9-22-25(11)10-12-4-5-13(20)14(21)7-12)23-19(26)15-8-18(28-24-15)17-3-2-6-27-17/h2-9H,10H2,1H3,(H,23,26). The summed E-state index contributed by atoms with van der Waals surface area (Å²) in [5.41, 5.74) is 2.45. The number of carbonyl (C=O) groups excluding carboxylic acids is 1. The highest BCUT2D eigenvalue weighted by molar-refractivity contribution is 6.42. The Bertz CT molecular complexity index is 1130. The third-order valence-electron chi connectivity index (χ3n) is 4.17. The highest BCUT2D eigenvalue weighted by Gasteiger charge is 2.17. The highest BCUT2D eigenvalue weighted by atomic mass is 35.5. The minimum Gasteiger partial charge on any atom is -0.461 e. The quantitative estimate of drug-likeness (QED) is 0.491. The molecule has 0 saturated heterocycles. The van der Waals surface area contributed by atoms with Crippen molar-refractivity contribution in [2.75, 3.05) is 5.32 Å². The molecule has 0 aliphatic heterocycles. The average molecular weight is 417 g/mol. The molecule has 0 bridgehead atoms. The van der Waals surface area contributed by atoms with Crippen LogP contribution in [0.25, 0.3) is 11.5 Å². The van der Waals surface area contributed by atoms with Crippen molar-refractivity contribution in [2.24, 2.45) is 0 Å². The lowest BCUT2D eigenvalue weighted by Crippen LogP contribution is -2.13. The van der Waals surface area contributed by atoms with Crippen molar-refractivity contribution in [2.45, 2.75) is 13.5 Å².